The number of nitrogens with zero attached hydrogens (tertiary/aromatic N) is 2. The highest BCUT2D eigenvalue weighted by molar-refractivity contribution is 6.21. The second-order valence-electron chi connectivity index (χ2n) is 4.48. The van der Waals surface area contributed by atoms with E-state index < -0.39 is 28.4 Å². The molecule has 0 radical (unpaired) electrons. The summed E-state index contributed by atoms with van der Waals surface area (Å²) in [5.74, 6) is -5.04. The maximum Gasteiger partial charge on any atom is 0.355 e. The van der Waals surface area contributed by atoms with E-state index in [1.807, 2.05) is 0 Å². The molecule has 7 heteroatoms. The van der Waals surface area contributed by atoms with Crippen molar-refractivity contribution in [2.24, 2.45) is 10.9 Å². The molecule has 1 aromatic rings. The molecule has 1 saturated carbocycles. The van der Waals surface area contributed by atoms with Crippen molar-refractivity contribution in [1.29, 1.82) is 0 Å². The molecule has 7 nitrogen and oxygen atoms in total. The van der Waals surface area contributed by atoms with E-state index in [2.05, 4.69) is 4.99 Å². The number of carboxylic acid groups (broad SMARTS) is 1. The number of Topliss-reactive ketones (excluding diaryl/α,β-unsaturated/α-hetero) is 1. The van der Waals surface area contributed by atoms with Gasteiger partial charge in [0.25, 0.3) is 0 Å². The highest BCUT2D eigenvalue weighted by Gasteiger charge is 2.42. The van der Waals surface area contributed by atoms with Gasteiger partial charge in [0.15, 0.2) is 5.78 Å². The molecule has 0 amide bonds. The number of aliphatic carboxylic acids is 1. The van der Waals surface area contributed by atoms with Crippen LogP contribution in [0.3, 0.4) is 0 Å². The zero-order valence-electron chi connectivity index (χ0n) is 10.4. The fourth-order valence-electron chi connectivity index (χ4n) is 1.73. The fraction of sp³-hybridized carbons (Fsp3) is 0.308. The third-order valence-corrected chi connectivity index (χ3v) is 2.87. The molecule has 20 heavy (non-hydrogen) atoms. The van der Waals surface area contributed by atoms with Crippen LogP contribution < -0.4 is 0 Å². The topological polar surface area (TPSA) is 110 Å². The van der Waals surface area contributed by atoms with Gasteiger partial charge in [-0.15, -0.1) is 0 Å². The molecule has 0 saturated heterocycles. The molecule has 1 fully saturated rings. The van der Waals surface area contributed by atoms with Gasteiger partial charge in [0, 0.05) is 5.56 Å². The number of carbonyl (C=O) groups excluding carboxylic acids is 1. The minimum absolute atomic E-state index is 0.116. The first kappa shape index (κ1) is 13.9. The first-order chi connectivity index (χ1) is 9.50. The Labute approximate surface area is 114 Å². The average molecular weight is 276 g/mol. The number of benzene rings is 1. The standard InChI is InChI=1S/C13H12N2O5/c16-11(8-4-2-1-3-5-8)10(13(17)18)12(15(19)20)14-9-6-7-9/h1-5,9-10H,6-7H2,(H,17,18). The number of aliphatic imine (C=N–C) groups is 1. The van der Waals surface area contributed by atoms with Gasteiger partial charge in [-0.25, -0.2) is 0 Å². The first-order valence-electron chi connectivity index (χ1n) is 6.05. The first-order valence-corrected chi connectivity index (χ1v) is 6.05. The van der Waals surface area contributed by atoms with Crippen LogP contribution in [0.5, 0.6) is 0 Å². The summed E-state index contributed by atoms with van der Waals surface area (Å²) in [6.45, 7) is 0. The monoisotopic (exact) mass is 276 g/mol. The summed E-state index contributed by atoms with van der Waals surface area (Å²) in [7, 11) is 0. The maximum atomic E-state index is 12.2. The Morgan fingerprint density at radius 1 is 1.30 bits per heavy atom. The molecular weight excluding hydrogens is 264 g/mol. The van der Waals surface area contributed by atoms with Crippen molar-refractivity contribution in [2.75, 3.05) is 0 Å². The molecule has 1 atom stereocenters. The molecule has 0 aromatic heterocycles. The van der Waals surface area contributed by atoms with Crippen molar-refractivity contribution in [3.63, 3.8) is 0 Å². The van der Waals surface area contributed by atoms with Gasteiger partial charge in [-0.05, 0) is 17.8 Å². The van der Waals surface area contributed by atoms with E-state index in [1.165, 1.54) is 12.1 Å². The van der Waals surface area contributed by atoms with Crippen molar-refractivity contribution in [1.82, 2.24) is 0 Å². The number of nitro groups is 1. The number of hydrogen-bond donors (Lipinski definition) is 1. The van der Waals surface area contributed by atoms with Gasteiger partial charge >= 0.3 is 11.8 Å². The van der Waals surface area contributed by atoms with Gasteiger partial charge in [0.1, 0.15) is 6.04 Å². The highest BCUT2D eigenvalue weighted by Crippen LogP contribution is 2.25. The normalized spacial score (nSPS) is 16.5. The Balaban J connectivity index is 2.37. The molecule has 1 unspecified atom stereocenters. The fourth-order valence-corrected chi connectivity index (χ4v) is 1.73. The van der Waals surface area contributed by atoms with Crippen LogP contribution in [0.25, 0.3) is 0 Å². The third-order valence-electron chi connectivity index (χ3n) is 2.87. The van der Waals surface area contributed by atoms with Gasteiger partial charge in [-0.3, -0.25) is 9.59 Å². The van der Waals surface area contributed by atoms with Crippen molar-refractivity contribution in [3.8, 4) is 0 Å². The largest absolute Gasteiger partial charge is 0.480 e. The molecule has 0 aliphatic heterocycles. The predicted octanol–water partition coefficient (Wildman–Crippen LogP) is 1.41. The van der Waals surface area contributed by atoms with Crippen LogP contribution in [0.4, 0.5) is 0 Å². The zero-order valence-corrected chi connectivity index (χ0v) is 10.4. The lowest BCUT2D eigenvalue weighted by atomic mass is 9.96. The number of carbonyl (C=O) groups is 2. The molecule has 2 rings (SSSR count). The van der Waals surface area contributed by atoms with Crippen LogP contribution >= 0.6 is 0 Å². The maximum absolute atomic E-state index is 12.2. The molecule has 1 aliphatic carbocycles. The SMILES string of the molecule is O=C(O)C(C(=O)c1ccccc1)C(=NC1CC1)[N+](=O)[O-]. The summed E-state index contributed by atoms with van der Waals surface area (Å²) in [6.07, 6.45) is 1.37. The summed E-state index contributed by atoms with van der Waals surface area (Å²) in [5.41, 5.74) is 0.116. The van der Waals surface area contributed by atoms with Crippen LogP contribution in [-0.4, -0.2) is 33.7 Å². The Morgan fingerprint density at radius 2 is 1.90 bits per heavy atom. The van der Waals surface area contributed by atoms with E-state index in [4.69, 9.17) is 5.11 Å². The van der Waals surface area contributed by atoms with Crippen LogP contribution in [0.15, 0.2) is 35.3 Å². The van der Waals surface area contributed by atoms with Crippen LogP contribution in [-0.2, 0) is 4.79 Å². The van der Waals surface area contributed by atoms with Crippen LogP contribution in [0.2, 0.25) is 0 Å². The average Bonchev–Trinajstić information content (AvgIpc) is 3.22. The Morgan fingerprint density at radius 3 is 2.35 bits per heavy atom. The Bertz CT molecular complexity index is 578. The number of ketones is 1. The van der Waals surface area contributed by atoms with Gasteiger partial charge in [0.2, 0.25) is 5.92 Å². The summed E-state index contributed by atoms with van der Waals surface area (Å²) < 4.78 is 0. The van der Waals surface area contributed by atoms with Gasteiger partial charge in [0.05, 0.1) is 0 Å². The van der Waals surface area contributed by atoms with Crippen molar-refractivity contribution < 1.29 is 19.6 Å². The molecule has 0 spiro atoms. The van der Waals surface area contributed by atoms with E-state index in [-0.39, 0.29) is 11.6 Å². The quantitative estimate of drug-likeness (QED) is 0.218. The minimum Gasteiger partial charge on any atom is -0.480 e. The number of carboxylic acids is 1. The van der Waals surface area contributed by atoms with Crippen LogP contribution in [0, 0.1) is 16.0 Å². The van der Waals surface area contributed by atoms with E-state index in [0.717, 1.165) is 0 Å². The van der Waals surface area contributed by atoms with E-state index in [1.54, 1.807) is 18.2 Å². The second-order valence-corrected chi connectivity index (χ2v) is 4.48. The van der Waals surface area contributed by atoms with Gasteiger partial charge < -0.3 is 15.2 Å². The van der Waals surface area contributed by atoms with E-state index >= 15 is 0 Å². The summed E-state index contributed by atoms with van der Waals surface area (Å²) >= 11 is 0. The second kappa shape index (κ2) is 5.60. The molecule has 0 bridgehead atoms. The lowest BCUT2D eigenvalue weighted by Gasteiger charge is -2.08. The van der Waals surface area contributed by atoms with Gasteiger partial charge in [-0.2, -0.15) is 0 Å². The van der Waals surface area contributed by atoms with Crippen molar-refractivity contribution in [2.45, 2.75) is 18.9 Å². The highest BCUT2D eigenvalue weighted by atomic mass is 16.6. The number of amidine groups is 1. The molecule has 1 aromatic carbocycles. The lowest BCUT2D eigenvalue weighted by molar-refractivity contribution is -0.355. The molecule has 1 N–H and O–H groups in total. The molecular formula is C13H12N2O5. The van der Waals surface area contributed by atoms with Crippen LogP contribution in [0.1, 0.15) is 23.2 Å². The molecule has 0 heterocycles. The number of hydrogen-bond acceptors (Lipinski definition) is 5. The predicted molar refractivity (Wildman–Crippen MR) is 69.3 cm³/mol. The summed E-state index contributed by atoms with van der Waals surface area (Å²) in [5, 5.41) is 20.2. The molecule has 1 aliphatic rings. The number of rotatable bonds is 5. The van der Waals surface area contributed by atoms with E-state index in [0.29, 0.717) is 12.8 Å². The summed E-state index contributed by atoms with van der Waals surface area (Å²) in [4.78, 5) is 37.3. The van der Waals surface area contributed by atoms with E-state index in [9.17, 15) is 19.7 Å². The molecule has 104 valence electrons. The van der Waals surface area contributed by atoms with Gasteiger partial charge in [-0.1, -0.05) is 35.3 Å². The van der Waals surface area contributed by atoms with Crippen molar-refractivity contribution >= 4 is 17.6 Å². The smallest absolute Gasteiger partial charge is 0.355 e. The van der Waals surface area contributed by atoms with Crippen molar-refractivity contribution in [3.05, 3.63) is 46.0 Å². The third kappa shape index (κ3) is 3.05. The minimum atomic E-state index is -1.87. The lowest BCUT2D eigenvalue weighted by Crippen LogP contribution is -2.36. The summed E-state index contributed by atoms with van der Waals surface area (Å²) in [6, 6.07) is 7.41. The zero-order chi connectivity index (χ0) is 14.7. The Kier molecular flexibility index (Phi) is 3.88. The Hall–Kier alpha value is -2.57.